The third kappa shape index (κ3) is 5.77. The van der Waals surface area contributed by atoms with Crippen molar-refractivity contribution in [1.82, 2.24) is 0 Å². The number of benzene rings is 1. The zero-order chi connectivity index (χ0) is 11.9. The van der Waals surface area contributed by atoms with Crippen molar-refractivity contribution in [1.29, 1.82) is 0 Å². The highest BCUT2D eigenvalue weighted by atomic mass is 32.2. The van der Waals surface area contributed by atoms with Crippen LogP contribution in [0.4, 0.5) is 0 Å². The SMILES string of the molecule is C=CC=O.Cc1ccc(S(=O)(=O)O)cc1. The molecule has 1 rings (SSSR count). The summed E-state index contributed by atoms with van der Waals surface area (Å²) in [6, 6.07) is 5.99. The van der Waals surface area contributed by atoms with E-state index in [1.165, 1.54) is 18.2 Å². The van der Waals surface area contributed by atoms with E-state index in [9.17, 15) is 8.42 Å². The summed E-state index contributed by atoms with van der Waals surface area (Å²) in [5, 5.41) is 0. The molecule has 0 amide bonds. The van der Waals surface area contributed by atoms with Gasteiger partial charge in [-0.05, 0) is 25.1 Å². The minimum absolute atomic E-state index is 0.0666. The van der Waals surface area contributed by atoms with Crippen LogP contribution in [0.15, 0.2) is 41.8 Å². The Morgan fingerprint density at radius 3 is 1.93 bits per heavy atom. The Morgan fingerprint density at radius 2 is 1.67 bits per heavy atom. The molecule has 0 aliphatic heterocycles. The van der Waals surface area contributed by atoms with E-state index in [2.05, 4.69) is 6.58 Å². The number of aldehydes is 1. The lowest BCUT2D eigenvalue weighted by molar-refractivity contribution is -0.104. The van der Waals surface area contributed by atoms with Crippen LogP contribution in [0, 0.1) is 6.92 Å². The monoisotopic (exact) mass is 228 g/mol. The molecule has 15 heavy (non-hydrogen) atoms. The van der Waals surface area contributed by atoms with Crippen LogP contribution < -0.4 is 0 Å². The average Bonchev–Trinajstić information content (AvgIpc) is 2.17. The maximum absolute atomic E-state index is 10.5. The Kier molecular flexibility index (Phi) is 5.51. The van der Waals surface area contributed by atoms with E-state index >= 15 is 0 Å². The van der Waals surface area contributed by atoms with Crippen LogP contribution in [-0.2, 0) is 14.9 Å². The van der Waals surface area contributed by atoms with E-state index in [4.69, 9.17) is 9.35 Å². The fourth-order valence-corrected chi connectivity index (χ4v) is 1.19. The summed E-state index contributed by atoms with van der Waals surface area (Å²) in [6.07, 6.45) is 1.83. The number of carbonyl (C=O) groups is 1. The van der Waals surface area contributed by atoms with Crippen molar-refractivity contribution < 1.29 is 17.8 Å². The predicted molar refractivity (Wildman–Crippen MR) is 57.3 cm³/mol. The molecule has 0 bridgehead atoms. The van der Waals surface area contributed by atoms with Crippen molar-refractivity contribution in [3.05, 3.63) is 42.5 Å². The Balaban J connectivity index is 0.000000423. The van der Waals surface area contributed by atoms with E-state index in [0.717, 1.165) is 5.56 Å². The number of carbonyl (C=O) groups excluding carboxylic acids is 1. The predicted octanol–water partition coefficient (Wildman–Crippen LogP) is 1.61. The second kappa shape index (κ2) is 6.10. The molecule has 5 heteroatoms. The van der Waals surface area contributed by atoms with Crippen LogP contribution in [0.3, 0.4) is 0 Å². The fraction of sp³-hybridized carbons (Fsp3) is 0.100. The standard InChI is InChI=1S/C7H8O3S.C3H4O/c1-6-2-4-7(5-3-6)11(8,9)10;1-2-3-4/h2-5H,1H3,(H,8,9,10);2-3H,1H2. The number of allylic oxidation sites excluding steroid dienone is 1. The third-order valence-electron chi connectivity index (χ3n) is 1.42. The Morgan fingerprint density at radius 1 is 1.27 bits per heavy atom. The van der Waals surface area contributed by atoms with Crippen molar-refractivity contribution in [3.63, 3.8) is 0 Å². The van der Waals surface area contributed by atoms with Crippen LogP contribution in [0.25, 0.3) is 0 Å². The van der Waals surface area contributed by atoms with Gasteiger partial charge in [0.25, 0.3) is 10.1 Å². The molecule has 0 fully saturated rings. The fourth-order valence-electron chi connectivity index (χ4n) is 0.710. The van der Waals surface area contributed by atoms with Crippen LogP contribution >= 0.6 is 0 Å². The molecule has 1 aromatic carbocycles. The molecule has 0 heterocycles. The largest absolute Gasteiger partial charge is 0.299 e. The lowest BCUT2D eigenvalue weighted by atomic mass is 10.2. The zero-order valence-corrected chi connectivity index (χ0v) is 9.07. The van der Waals surface area contributed by atoms with Crippen molar-refractivity contribution >= 4 is 16.4 Å². The molecular weight excluding hydrogens is 216 g/mol. The van der Waals surface area contributed by atoms with Gasteiger partial charge in [-0.2, -0.15) is 8.42 Å². The Bertz CT molecular complexity index is 411. The summed E-state index contributed by atoms with van der Waals surface area (Å²) >= 11 is 0. The van der Waals surface area contributed by atoms with E-state index in [0.29, 0.717) is 6.29 Å². The normalized spacial score (nSPS) is 9.73. The van der Waals surface area contributed by atoms with Crippen LogP contribution in [-0.4, -0.2) is 19.3 Å². The van der Waals surface area contributed by atoms with Gasteiger partial charge in [0, 0.05) is 0 Å². The molecule has 0 spiro atoms. The Labute approximate surface area is 89.0 Å². The molecular formula is C10H12O4S. The summed E-state index contributed by atoms with van der Waals surface area (Å²) < 4.78 is 29.6. The first kappa shape index (κ1) is 13.5. The van der Waals surface area contributed by atoms with E-state index in [-0.39, 0.29) is 4.90 Å². The maximum atomic E-state index is 10.5. The summed E-state index contributed by atoms with van der Waals surface area (Å²) in [5.74, 6) is 0. The highest BCUT2D eigenvalue weighted by Gasteiger charge is 2.06. The maximum Gasteiger partial charge on any atom is 0.294 e. The van der Waals surface area contributed by atoms with Gasteiger partial charge in [-0.1, -0.05) is 24.3 Å². The zero-order valence-electron chi connectivity index (χ0n) is 8.25. The first-order chi connectivity index (χ1) is 6.91. The highest BCUT2D eigenvalue weighted by Crippen LogP contribution is 2.08. The number of hydrogen-bond acceptors (Lipinski definition) is 3. The van der Waals surface area contributed by atoms with Gasteiger partial charge >= 0.3 is 0 Å². The summed E-state index contributed by atoms with van der Waals surface area (Å²) in [6.45, 7) is 4.95. The summed E-state index contributed by atoms with van der Waals surface area (Å²) in [7, 11) is -4.02. The number of hydrogen-bond donors (Lipinski definition) is 1. The van der Waals surface area contributed by atoms with Gasteiger partial charge in [-0.25, -0.2) is 0 Å². The van der Waals surface area contributed by atoms with Gasteiger partial charge in [0.15, 0.2) is 0 Å². The minimum atomic E-state index is -4.02. The summed E-state index contributed by atoms with van der Waals surface area (Å²) in [4.78, 5) is 8.99. The van der Waals surface area contributed by atoms with Crippen molar-refractivity contribution in [2.24, 2.45) is 0 Å². The number of aryl methyl sites for hydroxylation is 1. The van der Waals surface area contributed by atoms with Crippen LogP contribution in [0.5, 0.6) is 0 Å². The second-order valence-corrected chi connectivity index (χ2v) is 4.08. The van der Waals surface area contributed by atoms with E-state index in [1.807, 2.05) is 6.92 Å². The molecule has 0 saturated heterocycles. The summed E-state index contributed by atoms with van der Waals surface area (Å²) in [5.41, 5.74) is 0.956. The van der Waals surface area contributed by atoms with Gasteiger partial charge < -0.3 is 0 Å². The van der Waals surface area contributed by atoms with Crippen LogP contribution in [0.2, 0.25) is 0 Å². The third-order valence-corrected chi connectivity index (χ3v) is 2.28. The van der Waals surface area contributed by atoms with Crippen LogP contribution in [0.1, 0.15) is 5.56 Å². The van der Waals surface area contributed by atoms with E-state index < -0.39 is 10.1 Å². The molecule has 0 aromatic heterocycles. The van der Waals surface area contributed by atoms with Crippen molar-refractivity contribution in [2.75, 3.05) is 0 Å². The first-order valence-corrected chi connectivity index (χ1v) is 5.46. The molecule has 0 atom stereocenters. The molecule has 1 aromatic rings. The molecule has 0 aliphatic carbocycles. The van der Waals surface area contributed by atoms with Gasteiger partial charge in [0.1, 0.15) is 6.29 Å². The Hall–Kier alpha value is -1.46. The minimum Gasteiger partial charge on any atom is -0.299 e. The highest BCUT2D eigenvalue weighted by molar-refractivity contribution is 7.85. The molecule has 0 radical (unpaired) electrons. The van der Waals surface area contributed by atoms with Gasteiger partial charge in [-0.3, -0.25) is 9.35 Å². The molecule has 4 nitrogen and oxygen atoms in total. The molecule has 82 valence electrons. The molecule has 0 saturated carbocycles. The molecule has 1 N–H and O–H groups in total. The van der Waals surface area contributed by atoms with Gasteiger partial charge in [0.2, 0.25) is 0 Å². The first-order valence-electron chi connectivity index (χ1n) is 4.02. The van der Waals surface area contributed by atoms with Gasteiger partial charge in [0.05, 0.1) is 4.90 Å². The lowest BCUT2D eigenvalue weighted by Crippen LogP contribution is -1.96. The van der Waals surface area contributed by atoms with E-state index in [1.54, 1.807) is 12.1 Å². The second-order valence-electron chi connectivity index (χ2n) is 2.66. The van der Waals surface area contributed by atoms with Crippen molar-refractivity contribution in [3.8, 4) is 0 Å². The lowest BCUT2D eigenvalue weighted by Gasteiger charge is -1.95. The average molecular weight is 228 g/mol. The quantitative estimate of drug-likeness (QED) is 0.474. The molecule has 0 aliphatic rings. The molecule has 0 unspecified atom stereocenters. The van der Waals surface area contributed by atoms with Gasteiger partial charge in [-0.15, -0.1) is 0 Å². The topological polar surface area (TPSA) is 71.4 Å². The van der Waals surface area contributed by atoms with Crippen molar-refractivity contribution in [2.45, 2.75) is 11.8 Å². The number of rotatable bonds is 2. The smallest absolute Gasteiger partial charge is 0.294 e.